The van der Waals surface area contributed by atoms with Gasteiger partial charge in [0.1, 0.15) is 4.64 Å². The van der Waals surface area contributed by atoms with Crippen molar-refractivity contribution in [2.24, 2.45) is 0 Å². The molecule has 0 aliphatic heterocycles. The molecule has 1 aromatic carbocycles. The molecule has 2 rings (SSSR count). The Kier molecular flexibility index (Phi) is 3.82. The van der Waals surface area contributed by atoms with Gasteiger partial charge in [-0.05, 0) is 24.6 Å². The Bertz CT molecular complexity index is 587. The molecule has 0 bridgehead atoms. The summed E-state index contributed by atoms with van der Waals surface area (Å²) in [4.78, 5) is 7.18. The van der Waals surface area contributed by atoms with Gasteiger partial charge in [-0.1, -0.05) is 42.3 Å². The van der Waals surface area contributed by atoms with Gasteiger partial charge in [-0.25, -0.2) is 4.98 Å². The number of aromatic nitrogens is 2. The largest absolute Gasteiger partial charge is 0.346 e. The molecule has 1 aromatic heterocycles. The average molecular weight is 285 g/mol. The van der Waals surface area contributed by atoms with Gasteiger partial charge in [0.15, 0.2) is 0 Å². The van der Waals surface area contributed by atoms with Crippen LogP contribution in [0.4, 0.5) is 0 Å². The van der Waals surface area contributed by atoms with Crippen LogP contribution >= 0.6 is 35.4 Å². The van der Waals surface area contributed by atoms with Crippen molar-refractivity contribution in [1.82, 2.24) is 9.97 Å². The van der Waals surface area contributed by atoms with E-state index in [0.29, 0.717) is 14.7 Å². The number of H-pyrrole nitrogens is 1. The number of halogens is 2. The van der Waals surface area contributed by atoms with Crippen LogP contribution in [-0.2, 0) is 6.42 Å². The Morgan fingerprint density at radius 1 is 1.24 bits per heavy atom. The fraction of sp³-hybridized carbons (Fsp3) is 0.167. The number of benzene rings is 1. The summed E-state index contributed by atoms with van der Waals surface area (Å²) in [7, 11) is 0. The van der Waals surface area contributed by atoms with Crippen LogP contribution in [0.1, 0.15) is 12.5 Å². The van der Waals surface area contributed by atoms with Crippen LogP contribution in [0.2, 0.25) is 10.0 Å². The van der Waals surface area contributed by atoms with E-state index in [1.165, 1.54) is 0 Å². The molecule has 0 amide bonds. The highest BCUT2D eigenvalue weighted by Crippen LogP contribution is 2.28. The second-order valence-corrected chi connectivity index (χ2v) is 4.83. The molecule has 5 heteroatoms. The Balaban J connectivity index is 2.68. The maximum atomic E-state index is 6.00. The fourth-order valence-corrected chi connectivity index (χ4v) is 2.54. The van der Waals surface area contributed by atoms with E-state index in [4.69, 9.17) is 35.4 Å². The maximum absolute atomic E-state index is 6.00. The summed E-state index contributed by atoms with van der Waals surface area (Å²) in [5, 5.41) is 1.20. The standard InChI is InChI=1S/C12H10Cl2N2S/c1-2-10-11(15-6-16-12(10)17)7-3-8(13)5-9(14)4-7/h3-6H,2H2,1H3,(H,15,16,17). The second-order valence-electron chi connectivity index (χ2n) is 3.57. The molecule has 88 valence electrons. The average Bonchev–Trinajstić information content (AvgIpc) is 2.27. The lowest BCUT2D eigenvalue weighted by Crippen LogP contribution is -1.95. The molecule has 1 heterocycles. The van der Waals surface area contributed by atoms with Crippen LogP contribution in [0.15, 0.2) is 24.5 Å². The molecule has 0 saturated heterocycles. The van der Waals surface area contributed by atoms with E-state index in [-0.39, 0.29) is 0 Å². The molecule has 0 atom stereocenters. The minimum absolute atomic E-state index is 0.602. The summed E-state index contributed by atoms with van der Waals surface area (Å²) in [6.07, 6.45) is 2.40. The normalized spacial score (nSPS) is 10.5. The van der Waals surface area contributed by atoms with Gasteiger partial charge >= 0.3 is 0 Å². The lowest BCUT2D eigenvalue weighted by molar-refractivity contribution is 1.04. The first kappa shape index (κ1) is 12.6. The van der Waals surface area contributed by atoms with E-state index < -0.39 is 0 Å². The zero-order valence-corrected chi connectivity index (χ0v) is 11.5. The minimum Gasteiger partial charge on any atom is -0.346 e. The Morgan fingerprint density at radius 3 is 2.47 bits per heavy atom. The quantitative estimate of drug-likeness (QED) is 0.812. The van der Waals surface area contributed by atoms with Crippen molar-refractivity contribution in [2.75, 3.05) is 0 Å². The predicted octanol–water partition coefficient (Wildman–Crippen LogP) is 4.68. The van der Waals surface area contributed by atoms with E-state index in [0.717, 1.165) is 23.2 Å². The minimum atomic E-state index is 0.602. The molecular formula is C12H10Cl2N2S. The van der Waals surface area contributed by atoms with Crippen LogP contribution in [0, 0.1) is 4.64 Å². The van der Waals surface area contributed by atoms with Crippen LogP contribution < -0.4 is 0 Å². The van der Waals surface area contributed by atoms with Crippen molar-refractivity contribution in [1.29, 1.82) is 0 Å². The number of nitrogens with zero attached hydrogens (tertiary/aromatic N) is 1. The summed E-state index contributed by atoms with van der Waals surface area (Å²) in [5.74, 6) is 0. The first-order chi connectivity index (χ1) is 8.11. The first-order valence-corrected chi connectivity index (χ1v) is 6.31. The van der Waals surface area contributed by atoms with Crippen LogP contribution in [-0.4, -0.2) is 9.97 Å². The van der Waals surface area contributed by atoms with Gasteiger partial charge in [0.25, 0.3) is 0 Å². The molecule has 2 aromatic rings. The topological polar surface area (TPSA) is 28.7 Å². The molecule has 17 heavy (non-hydrogen) atoms. The summed E-state index contributed by atoms with van der Waals surface area (Å²) < 4.78 is 0.609. The molecule has 0 aliphatic carbocycles. The molecule has 2 nitrogen and oxygen atoms in total. The van der Waals surface area contributed by atoms with Crippen molar-refractivity contribution in [2.45, 2.75) is 13.3 Å². The fourth-order valence-electron chi connectivity index (χ4n) is 1.71. The van der Waals surface area contributed by atoms with Gasteiger partial charge in [-0.3, -0.25) is 0 Å². The van der Waals surface area contributed by atoms with Gasteiger partial charge in [-0.15, -0.1) is 0 Å². The molecule has 0 unspecified atom stereocenters. The molecule has 0 aliphatic rings. The Morgan fingerprint density at radius 2 is 1.88 bits per heavy atom. The third kappa shape index (κ3) is 2.68. The van der Waals surface area contributed by atoms with E-state index >= 15 is 0 Å². The Hall–Kier alpha value is -0.900. The van der Waals surface area contributed by atoms with E-state index in [2.05, 4.69) is 9.97 Å². The maximum Gasteiger partial charge on any atom is 0.133 e. The zero-order valence-electron chi connectivity index (χ0n) is 9.13. The molecule has 0 fully saturated rings. The van der Waals surface area contributed by atoms with Crippen molar-refractivity contribution in [3.8, 4) is 11.3 Å². The SMILES string of the molecule is CCc1c(-c2cc(Cl)cc(Cl)c2)[nH]cnc1=S. The van der Waals surface area contributed by atoms with Crippen LogP contribution in [0.3, 0.4) is 0 Å². The lowest BCUT2D eigenvalue weighted by atomic mass is 10.1. The molecular weight excluding hydrogens is 275 g/mol. The highest BCUT2D eigenvalue weighted by atomic mass is 35.5. The van der Waals surface area contributed by atoms with E-state index in [1.54, 1.807) is 12.4 Å². The smallest absolute Gasteiger partial charge is 0.133 e. The zero-order chi connectivity index (χ0) is 12.4. The number of rotatable bonds is 2. The molecule has 0 spiro atoms. The highest BCUT2D eigenvalue weighted by Gasteiger charge is 2.08. The summed E-state index contributed by atoms with van der Waals surface area (Å²) >= 11 is 17.2. The number of hydrogen-bond donors (Lipinski definition) is 1. The predicted molar refractivity (Wildman–Crippen MR) is 74.3 cm³/mol. The van der Waals surface area contributed by atoms with Gasteiger partial charge < -0.3 is 4.98 Å². The Labute approximate surface area is 115 Å². The van der Waals surface area contributed by atoms with Gasteiger partial charge in [0.2, 0.25) is 0 Å². The number of hydrogen-bond acceptors (Lipinski definition) is 2. The molecule has 1 N–H and O–H groups in total. The third-order valence-electron chi connectivity index (χ3n) is 2.46. The van der Waals surface area contributed by atoms with Gasteiger partial charge in [0.05, 0.1) is 12.0 Å². The van der Waals surface area contributed by atoms with E-state index in [1.807, 2.05) is 19.1 Å². The van der Waals surface area contributed by atoms with Crippen LogP contribution in [0.5, 0.6) is 0 Å². The number of nitrogens with one attached hydrogen (secondary N) is 1. The molecule has 0 radical (unpaired) electrons. The summed E-state index contributed by atoms with van der Waals surface area (Å²) in [6.45, 7) is 2.04. The van der Waals surface area contributed by atoms with Gasteiger partial charge in [-0.2, -0.15) is 0 Å². The first-order valence-electron chi connectivity index (χ1n) is 5.15. The van der Waals surface area contributed by atoms with Crippen molar-refractivity contribution < 1.29 is 0 Å². The van der Waals surface area contributed by atoms with Crippen molar-refractivity contribution in [3.63, 3.8) is 0 Å². The van der Waals surface area contributed by atoms with E-state index in [9.17, 15) is 0 Å². The van der Waals surface area contributed by atoms with Crippen molar-refractivity contribution in [3.05, 3.63) is 44.8 Å². The summed E-state index contributed by atoms with van der Waals surface area (Å²) in [5.41, 5.74) is 2.85. The second kappa shape index (κ2) is 5.17. The lowest BCUT2D eigenvalue weighted by Gasteiger charge is -2.08. The summed E-state index contributed by atoms with van der Waals surface area (Å²) in [6, 6.07) is 5.41. The number of aromatic amines is 1. The highest BCUT2D eigenvalue weighted by molar-refractivity contribution is 7.71. The molecule has 0 saturated carbocycles. The third-order valence-corrected chi connectivity index (χ3v) is 3.24. The van der Waals surface area contributed by atoms with Crippen molar-refractivity contribution >= 4 is 35.4 Å². The monoisotopic (exact) mass is 284 g/mol. The van der Waals surface area contributed by atoms with Crippen LogP contribution in [0.25, 0.3) is 11.3 Å². The van der Waals surface area contributed by atoms with Gasteiger partial charge in [0, 0.05) is 21.2 Å².